The summed E-state index contributed by atoms with van der Waals surface area (Å²) in [7, 11) is 0. The number of likely N-dealkylation sites (N-methyl/N-ethyl adjacent to an activating group) is 1. The summed E-state index contributed by atoms with van der Waals surface area (Å²) in [6.45, 7) is 10.2. The lowest BCUT2D eigenvalue weighted by atomic mass is 9.73. The smallest absolute Gasteiger partial charge is 0.0164 e. The van der Waals surface area contributed by atoms with Crippen molar-refractivity contribution < 1.29 is 0 Å². The summed E-state index contributed by atoms with van der Waals surface area (Å²) in [5, 5.41) is 3.82. The number of aryl methyl sites for hydroxylation is 2. The second-order valence-electron chi connectivity index (χ2n) is 6.61. The molecule has 112 valence electrons. The first-order valence-corrected chi connectivity index (χ1v) is 8.41. The molecule has 1 atom stereocenters. The number of rotatable bonds is 6. The van der Waals surface area contributed by atoms with E-state index in [0.717, 1.165) is 6.54 Å². The molecule has 1 aliphatic carbocycles. The standard InChI is InChI=1S/C19H31N/c1-5-19(12-7-8-13-19)18(20-6-2)14-17-15(3)10-9-11-16(17)4/h9-11,18,20H,5-8,12-14H2,1-4H3. The van der Waals surface area contributed by atoms with E-state index in [0.29, 0.717) is 11.5 Å². The third-order valence-electron chi connectivity index (χ3n) is 5.55. The van der Waals surface area contributed by atoms with Gasteiger partial charge in [-0.05, 0) is 68.2 Å². The van der Waals surface area contributed by atoms with Gasteiger partial charge in [0.15, 0.2) is 0 Å². The molecule has 2 rings (SSSR count). The summed E-state index contributed by atoms with van der Waals surface area (Å²) in [6.07, 6.45) is 8.17. The van der Waals surface area contributed by atoms with Crippen LogP contribution >= 0.6 is 0 Å². The normalized spacial score (nSPS) is 19.2. The maximum Gasteiger partial charge on any atom is 0.0164 e. The minimum atomic E-state index is 0.532. The molecule has 20 heavy (non-hydrogen) atoms. The largest absolute Gasteiger partial charge is 0.313 e. The van der Waals surface area contributed by atoms with Crippen LogP contribution in [0.3, 0.4) is 0 Å². The van der Waals surface area contributed by atoms with Crippen LogP contribution in [0.4, 0.5) is 0 Å². The van der Waals surface area contributed by atoms with Crippen LogP contribution in [0, 0.1) is 19.3 Å². The molecule has 1 unspecified atom stereocenters. The zero-order valence-corrected chi connectivity index (χ0v) is 13.8. The number of nitrogens with one attached hydrogen (secondary N) is 1. The van der Waals surface area contributed by atoms with Crippen LogP contribution in [0.2, 0.25) is 0 Å². The van der Waals surface area contributed by atoms with Crippen LogP contribution < -0.4 is 5.32 Å². The first-order valence-electron chi connectivity index (χ1n) is 8.41. The van der Waals surface area contributed by atoms with Gasteiger partial charge in [-0.15, -0.1) is 0 Å². The topological polar surface area (TPSA) is 12.0 Å². The van der Waals surface area contributed by atoms with E-state index < -0.39 is 0 Å². The quantitative estimate of drug-likeness (QED) is 0.785. The van der Waals surface area contributed by atoms with Crippen molar-refractivity contribution >= 4 is 0 Å². The van der Waals surface area contributed by atoms with Crippen molar-refractivity contribution in [1.82, 2.24) is 5.32 Å². The average Bonchev–Trinajstić information content (AvgIpc) is 2.92. The van der Waals surface area contributed by atoms with Gasteiger partial charge in [-0.25, -0.2) is 0 Å². The van der Waals surface area contributed by atoms with E-state index >= 15 is 0 Å². The highest BCUT2D eigenvalue weighted by molar-refractivity contribution is 5.34. The molecule has 0 spiro atoms. The van der Waals surface area contributed by atoms with Gasteiger partial charge in [-0.2, -0.15) is 0 Å². The van der Waals surface area contributed by atoms with Crippen molar-refractivity contribution in [2.75, 3.05) is 6.54 Å². The molecule has 0 aliphatic heterocycles. The molecule has 1 aromatic rings. The lowest BCUT2D eigenvalue weighted by molar-refractivity contribution is 0.186. The van der Waals surface area contributed by atoms with Gasteiger partial charge in [0.2, 0.25) is 0 Å². The Morgan fingerprint density at radius 3 is 2.20 bits per heavy atom. The van der Waals surface area contributed by atoms with Gasteiger partial charge in [0.1, 0.15) is 0 Å². The summed E-state index contributed by atoms with van der Waals surface area (Å²) in [6, 6.07) is 7.35. The molecule has 1 heteroatoms. The van der Waals surface area contributed by atoms with Crippen LogP contribution in [0.25, 0.3) is 0 Å². The molecule has 1 aromatic carbocycles. The van der Waals surface area contributed by atoms with Gasteiger partial charge >= 0.3 is 0 Å². The minimum Gasteiger partial charge on any atom is -0.313 e. The van der Waals surface area contributed by atoms with Gasteiger partial charge in [-0.3, -0.25) is 0 Å². The number of hydrogen-bond acceptors (Lipinski definition) is 1. The van der Waals surface area contributed by atoms with Gasteiger partial charge in [0.05, 0.1) is 0 Å². The highest BCUT2D eigenvalue weighted by Gasteiger charge is 2.39. The van der Waals surface area contributed by atoms with Crippen molar-refractivity contribution in [3.05, 3.63) is 34.9 Å². The lowest BCUT2D eigenvalue weighted by Gasteiger charge is -2.38. The fourth-order valence-electron chi connectivity index (χ4n) is 4.15. The third-order valence-corrected chi connectivity index (χ3v) is 5.55. The van der Waals surface area contributed by atoms with Gasteiger partial charge < -0.3 is 5.32 Å². The van der Waals surface area contributed by atoms with Crippen LogP contribution in [0.15, 0.2) is 18.2 Å². The Hall–Kier alpha value is -0.820. The van der Waals surface area contributed by atoms with Crippen LogP contribution in [0.5, 0.6) is 0 Å². The Morgan fingerprint density at radius 1 is 1.10 bits per heavy atom. The molecule has 0 aromatic heterocycles. The molecule has 1 saturated carbocycles. The van der Waals surface area contributed by atoms with Crippen molar-refractivity contribution in [2.24, 2.45) is 5.41 Å². The summed E-state index contributed by atoms with van der Waals surface area (Å²) in [4.78, 5) is 0. The minimum absolute atomic E-state index is 0.532. The van der Waals surface area contributed by atoms with E-state index in [-0.39, 0.29) is 0 Å². The zero-order chi connectivity index (χ0) is 14.6. The molecular weight excluding hydrogens is 242 g/mol. The predicted octanol–water partition coefficient (Wildman–Crippen LogP) is 4.79. The summed E-state index contributed by atoms with van der Waals surface area (Å²) < 4.78 is 0. The fourth-order valence-corrected chi connectivity index (χ4v) is 4.15. The second-order valence-corrected chi connectivity index (χ2v) is 6.61. The third kappa shape index (κ3) is 3.09. The number of benzene rings is 1. The Kier molecular flexibility index (Phi) is 5.26. The summed E-state index contributed by atoms with van der Waals surface area (Å²) >= 11 is 0. The molecule has 1 N–H and O–H groups in total. The SMILES string of the molecule is CCNC(Cc1c(C)cccc1C)C1(CC)CCCC1. The summed E-state index contributed by atoms with van der Waals surface area (Å²) in [5.41, 5.74) is 5.01. The molecular formula is C19H31N. The van der Waals surface area contributed by atoms with E-state index in [1.54, 1.807) is 5.56 Å². The Balaban J connectivity index is 2.25. The number of hydrogen-bond donors (Lipinski definition) is 1. The highest BCUT2D eigenvalue weighted by Crippen LogP contribution is 2.45. The van der Waals surface area contributed by atoms with E-state index in [9.17, 15) is 0 Å². The van der Waals surface area contributed by atoms with Crippen molar-refractivity contribution in [2.45, 2.75) is 72.3 Å². The predicted molar refractivity (Wildman–Crippen MR) is 88.3 cm³/mol. The molecule has 0 heterocycles. The van der Waals surface area contributed by atoms with Crippen LogP contribution in [0.1, 0.15) is 62.6 Å². The zero-order valence-electron chi connectivity index (χ0n) is 13.8. The molecule has 0 radical (unpaired) electrons. The lowest BCUT2D eigenvalue weighted by Crippen LogP contribution is -2.45. The monoisotopic (exact) mass is 273 g/mol. The molecule has 0 saturated heterocycles. The fraction of sp³-hybridized carbons (Fsp3) is 0.684. The maximum absolute atomic E-state index is 3.82. The molecule has 0 bridgehead atoms. The van der Waals surface area contributed by atoms with Crippen molar-refractivity contribution in [1.29, 1.82) is 0 Å². The van der Waals surface area contributed by atoms with Gasteiger partial charge in [0.25, 0.3) is 0 Å². The van der Waals surface area contributed by atoms with E-state index in [2.05, 4.69) is 51.2 Å². The van der Waals surface area contributed by atoms with Gasteiger partial charge in [-0.1, -0.05) is 44.9 Å². The first-order chi connectivity index (χ1) is 9.63. The first kappa shape index (κ1) is 15.6. The highest BCUT2D eigenvalue weighted by atomic mass is 14.9. The van der Waals surface area contributed by atoms with E-state index in [1.807, 2.05) is 0 Å². The van der Waals surface area contributed by atoms with Crippen molar-refractivity contribution in [3.8, 4) is 0 Å². The van der Waals surface area contributed by atoms with E-state index in [1.165, 1.54) is 49.7 Å². The average molecular weight is 273 g/mol. The maximum atomic E-state index is 3.82. The second kappa shape index (κ2) is 6.76. The van der Waals surface area contributed by atoms with Crippen LogP contribution in [-0.4, -0.2) is 12.6 Å². The van der Waals surface area contributed by atoms with Crippen molar-refractivity contribution in [3.63, 3.8) is 0 Å². The Morgan fingerprint density at radius 2 is 1.70 bits per heavy atom. The van der Waals surface area contributed by atoms with Crippen LogP contribution in [-0.2, 0) is 6.42 Å². The molecule has 1 aliphatic rings. The molecule has 1 nitrogen and oxygen atoms in total. The molecule has 1 fully saturated rings. The molecule has 0 amide bonds. The van der Waals surface area contributed by atoms with E-state index in [4.69, 9.17) is 0 Å². The Labute approximate surface area is 125 Å². The Bertz CT molecular complexity index is 409. The van der Waals surface area contributed by atoms with Gasteiger partial charge in [0, 0.05) is 6.04 Å². The summed E-state index contributed by atoms with van der Waals surface area (Å²) in [5.74, 6) is 0.